The third kappa shape index (κ3) is 6.83. The van der Waals surface area contributed by atoms with Gasteiger partial charge in [-0.2, -0.15) is 0 Å². The van der Waals surface area contributed by atoms with Gasteiger partial charge in [0, 0.05) is 12.6 Å². The van der Waals surface area contributed by atoms with Gasteiger partial charge in [0.25, 0.3) is 0 Å². The average molecular weight is 424 g/mol. The van der Waals surface area contributed by atoms with Gasteiger partial charge in [0.2, 0.25) is 11.8 Å². The van der Waals surface area contributed by atoms with Gasteiger partial charge in [-0.15, -0.1) is 0 Å². The van der Waals surface area contributed by atoms with E-state index in [2.05, 4.69) is 5.32 Å². The molecule has 1 aliphatic rings. The van der Waals surface area contributed by atoms with Crippen molar-refractivity contribution in [3.05, 3.63) is 11.6 Å². The Hall–Kier alpha value is -1.89. The van der Waals surface area contributed by atoms with Crippen LogP contribution in [-0.2, 0) is 14.4 Å². The van der Waals surface area contributed by atoms with E-state index < -0.39 is 17.4 Å². The van der Waals surface area contributed by atoms with Crippen LogP contribution in [0.1, 0.15) is 67.2 Å². The van der Waals surface area contributed by atoms with E-state index in [0.29, 0.717) is 0 Å². The highest BCUT2D eigenvalue weighted by molar-refractivity contribution is 5.91. The van der Waals surface area contributed by atoms with Crippen molar-refractivity contribution in [1.82, 2.24) is 15.1 Å². The maximum Gasteiger partial charge on any atom is 0.331 e. The highest BCUT2D eigenvalue weighted by atomic mass is 16.4. The number of carboxylic acids is 1. The lowest BCUT2D eigenvalue weighted by Crippen LogP contribution is -2.59. The molecule has 0 aliphatic carbocycles. The van der Waals surface area contributed by atoms with Crippen molar-refractivity contribution in [2.75, 3.05) is 20.6 Å². The summed E-state index contributed by atoms with van der Waals surface area (Å²) < 4.78 is 0. The first-order chi connectivity index (χ1) is 13.8. The molecule has 7 nitrogen and oxygen atoms in total. The molecule has 0 saturated carbocycles. The number of rotatable bonds is 8. The van der Waals surface area contributed by atoms with E-state index in [0.717, 1.165) is 32.2 Å². The third-order valence-electron chi connectivity index (χ3n) is 6.25. The summed E-state index contributed by atoms with van der Waals surface area (Å²) in [6.07, 6.45) is 5.32. The van der Waals surface area contributed by atoms with E-state index in [-0.39, 0.29) is 35.4 Å². The zero-order valence-corrected chi connectivity index (χ0v) is 20.0. The third-order valence-corrected chi connectivity index (χ3v) is 6.25. The molecule has 0 aromatic heterocycles. The summed E-state index contributed by atoms with van der Waals surface area (Å²) in [5.41, 5.74) is -0.278. The smallest absolute Gasteiger partial charge is 0.331 e. The number of piperidine rings is 1. The van der Waals surface area contributed by atoms with Crippen molar-refractivity contribution in [2.24, 2.45) is 11.3 Å². The lowest BCUT2D eigenvalue weighted by molar-refractivity contribution is -0.141. The standard InChI is InChI=1S/C23H41N3O4/c1-9-15(2)18(14-16(3)22(29)30)26(8)21(28)19(23(4,5)6)24-20(27)17-12-10-11-13-25(17)7/h14-15,17-19H,9-13H2,1-8H3,(H,24,27)(H,29,30)/b16-14+/t15?,17?,18-,19?/m1/s1. The van der Waals surface area contributed by atoms with Gasteiger partial charge >= 0.3 is 5.97 Å². The van der Waals surface area contributed by atoms with Crippen molar-refractivity contribution in [2.45, 2.75) is 85.4 Å². The van der Waals surface area contributed by atoms with Crippen LogP contribution in [0.5, 0.6) is 0 Å². The summed E-state index contributed by atoms with van der Waals surface area (Å²) in [5, 5.41) is 12.3. The van der Waals surface area contributed by atoms with Gasteiger partial charge in [-0.25, -0.2) is 4.79 Å². The van der Waals surface area contributed by atoms with Crippen LogP contribution in [-0.4, -0.2) is 71.5 Å². The van der Waals surface area contributed by atoms with Crippen molar-refractivity contribution >= 4 is 17.8 Å². The number of likely N-dealkylation sites (N-methyl/N-ethyl adjacent to an activating group) is 2. The van der Waals surface area contributed by atoms with E-state index in [1.165, 1.54) is 6.92 Å². The number of carbonyl (C=O) groups excluding carboxylic acids is 2. The van der Waals surface area contributed by atoms with Crippen LogP contribution in [0.15, 0.2) is 11.6 Å². The molecule has 1 fully saturated rings. The van der Waals surface area contributed by atoms with Gasteiger partial charge < -0.3 is 15.3 Å². The maximum absolute atomic E-state index is 13.5. The number of aliphatic carboxylic acids is 1. The topological polar surface area (TPSA) is 90.0 Å². The summed E-state index contributed by atoms with van der Waals surface area (Å²) in [6.45, 7) is 12.2. The lowest BCUT2D eigenvalue weighted by Gasteiger charge is -2.39. The molecule has 1 heterocycles. The van der Waals surface area contributed by atoms with Gasteiger partial charge in [0.15, 0.2) is 0 Å². The van der Waals surface area contributed by atoms with E-state index in [4.69, 9.17) is 0 Å². The lowest BCUT2D eigenvalue weighted by atomic mass is 9.84. The normalized spacial score (nSPS) is 21.5. The van der Waals surface area contributed by atoms with Crippen LogP contribution in [0.3, 0.4) is 0 Å². The fourth-order valence-electron chi connectivity index (χ4n) is 3.87. The molecule has 7 heteroatoms. The van der Waals surface area contributed by atoms with Gasteiger partial charge in [-0.05, 0) is 44.7 Å². The van der Waals surface area contributed by atoms with Crippen molar-refractivity contribution in [3.63, 3.8) is 0 Å². The molecule has 0 spiro atoms. The van der Waals surface area contributed by atoms with Crippen LogP contribution in [0.4, 0.5) is 0 Å². The molecule has 1 rings (SSSR count). The summed E-state index contributed by atoms with van der Waals surface area (Å²) in [6, 6.07) is -1.28. The fraction of sp³-hybridized carbons (Fsp3) is 0.783. The monoisotopic (exact) mass is 423 g/mol. The molecule has 2 N–H and O–H groups in total. The number of amides is 2. The Labute approximate surface area is 181 Å². The molecule has 172 valence electrons. The van der Waals surface area contributed by atoms with Crippen molar-refractivity contribution in [3.8, 4) is 0 Å². The highest BCUT2D eigenvalue weighted by Gasteiger charge is 2.39. The first-order valence-electron chi connectivity index (χ1n) is 11.0. The number of carboxylic acid groups (broad SMARTS) is 1. The maximum atomic E-state index is 13.5. The minimum atomic E-state index is -0.995. The highest BCUT2D eigenvalue weighted by Crippen LogP contribution is 2.25. The van der Waals surface area contributed by atoms with Crippen molar-refractivity contribution in [1.29, 1.82) is 0 Å². The quantitative estimate of drug-likeness (QED) is 0.586. The van der Waals surface area contributed by atoms with E-state index in [1.54, 1.807) is 18.0 Å². The Morgan fingerprint density at radius 2 is 1.87 bits per heavy atom. The molecule has 3 unspecified atom stereocenters. The molecule has 30 heavy (non-hydrogen) atoms. The summed E-state index contributed by atoms with van der Waals surface area (Å²) in [5.74, 6) is -1.23. The number of nitrogens with zero attached hydrogens (tertiary/aromatic N) is 2. The zero-order chi connectivity index (χ0) is 23.2. The molecule has 2 amide bonds. The Bertz CT molecular complexity index is 653. The van der Waals surface area contributed by atoms with Gasteiger partial charge in [-0.3, -0.25) is 14.5 Å². The molecule has 0 bridgehead atoms. The average Bonchev–Trinajstić information content (AvgIpc) is 2.67. The number of hydrogen-bond acceptors (Lipinski definition) is 4. The molecular weight excluding hydrogens is 382 g/mol. The molecule has 0 aromatic rings. The molecule has 0 aromatic carbocycles. The van der Waals surface area contributed by atoms with E-state index in [9.17, 15) is 19.5 Å². The minimum Gasteiger partial charge on any atom is -0.478 e. The van der Waals surface area contributed by atoms with Crippen LogP contribution < -0.4 is 5.32 Å². The second-order valence-corrected chi connectivity index (χ2v) is 9.78. The van der Waals surface area contributed by atoms with E-state index >= 15 is 0 Å². The molecule has 1 saturated heterocycles. The van der Waals surface area contributed by atoms with Crippen LogP contribution in [0.2, 0.25) is 0 Å². The number of likely N-dealkylation sites (tertiary alicyclic amines) is 1. The predicted molar refractivity (Wildman–Crippen MR) is 119 cm³/mol. The largest absolute Gasteiger partial charge is 0.478 e. The summed E-state index contributed by atoms with van der Waals surface area (Å²) in [7, 11) is 3.64. The van der Waals surface area contributed by atoms with Gasteiger partial charge in [0.05, 0.1) is 12.1 Å². The number of carbonyl (C=O) groups is 3. The van der Waals surface area contributed by atoms with Crippen LogP contribution in [0, 0.1) is 11.3 Å². The summed E-state index contributed by atoms with van der Waals surface area (Å²) in [4.78, 5) is 41.5. The second-order valence-electron chi connectivity index (χ2n) is 9.78. The molecular formula is C23H41N3O4. The molecule has 4 atom stereocenters. The first kappa shape index (κ1) is 26.1. The second kappa shape index (κ2) is 10.9. The number of hydrogen-bond donors (Lipinski definition) is 2. The Morgan fingerprint density at radius 1 is 1.27 bits per heavy atom. The molecule has 1 aliphatic heterocycles. The van der Waals surface area contributed by atoms with Crippen LogP contribution >= 0.6 is 0 Å². The van der Waals surface area contributed by atoms with E-state index in [1.807, 2.05) is 46.6 Å². The SMILES string of the molecule is CCC(C)[C@@H](/C=C(\C)C(=O)O)N(C)C(=O)C(NC(=O)C1CCCCN1C)C(C)(C)C. The fourth-order valence-corrected chi connectivity index (χ4v) is 3.87. The predicted octanol–water partition coefficient (Wildman–Crippen LogP) is 2.91. The molecule has 0 radical (unpaired) electrons. The zero-order valence-electron chi connectivity index (χ0n) is 20.0. The number of nitrogens with one attached hydrogen (secondary N) is 1. The first-order valence-corrected chi connectivity index (χ1v) is 11.0. The minimum absolute atomic E-state index is 0.0778. The van der Waals surface area contributed by atoms with Gasteiger partial charge in [0.1, 0.15) is 6.04 Å². The Balaban J connectivity index is 3.14. The Morgan fingerprint density at radius 3 is 2.33 bits per heavy atom. The van der Waals surface area contributed by atoms with Gasteiger partial charge in [-0.1, -0.05) is 53.5 Å². The van der Waals surface area contributed by atoms with Crippen molar-refractivity contribution < 1.29 is 19.5 Å². The van der Waals surface area contributed by atoms with Crippen LogP contribution in [0.25, 0.3) is 0 Å². The summed E-state index contributed by atoms with van der Waals surface area (Å²) >= 11 is 0. The Kier molecular flexibility index (Phi) is 9.53.